The van der Waals surface area contributed by atoms with E-state index in [2.05, 4.69) is 5.32 Å². The van der Waals surface area contributed by atoms with E-state index in [-0.39, 0.29) is 29.9 Å². The number of hydrogen-bond acceptors (Lipinski definition) is 4. The Morgan fingerprint density at radius 2 is 2.27 bits per heavy atom. The summed E-state index contributed by atoms with van der Waals surface area (Å²) in [5, 5.41) is 11.6. The van der Waals surface area contributed by atoms with E-state index < -0.39 is 15.8 Å². The lowest BCUT2D eigenvalue weighted by molar-refractivity contribution is -0.137. The highest BCUT2D eigenvalue weighted by Gasteiger charge is 2.27. The lowest BCUT2D eigenvalue weighted by Gasteiger charge is -2.14. The summed E-state index contributed by atoms with van der Waals surface area (Å²) in [6.07, 6.45) is 0.759. The Kier molecular flexibility index (Phi) is 4.10. The Labute approximate surface area is 89.8 Å². The number of hydrogen-bond donors (Lipinski definition) is 2. The molecule has 2 unspecified atom stereocenters. The predicted molar refractivity (Wildman–Crippen MR) is 56.5 cm³/mol. The van der Waals surface area contributed by atoms with Crippen molar-refractivity contribution in [3.63, 3.8) is 0 Å². The third-order valence-corrected chi connectivity index (χ3v) is 4.40. The van der Waals surface area contributed by atoms with Gasteiger partial charge < -0.3 is 10.4 Å². The monoisotopic (exact) mass is 235 g/mol. The van der Waals surface area contributed by atoms with E-state index in [1.54, 1.807) is 6.92 Å². The molecule has 0 radical (unpaired) electrons. The second kappa shape index (κ2) is 4.94. The molecule has 0 saturated carbocycles. The maximum atomic E-state index is 11.1. The van der Waals surface area contributed by atoms with Crippen LogP contribution in [0.5, 0.6) is 0 Å². The topological polar surface area (TPSA) is 83.5 Å². The Bertz CT molecular complexity index is 325. The smallest absolute Gasteiger partial charge is 0.304 e. The predicted octanol–water partition coefficient (Wildman–Crippen LogP) is -0.126. The summed E-state index contributed by atoms with van der Waals surface area (Å²) in [5.41, 5.74) is 0. The molecule has 1 fully saturated rings. The normalized spacial score (nSPS) is 26.3. The van der Waals surface area contributed by atoms with E-state index in [4.69, 9.17) is 5.11 Å². The zero-order valence-electron chi connectivity index (χ0n) is 8.77. The maximum Gasteiger partial charge on any atom is 0.304 e. The van der Waals surface area contributed by atoms with Gasteiger partial charge >= 0.3 is 5.97 Å². The second-order valence-corrected chi connectivity index (χ2v) is 6.40. The molecule has 0 aromatic rings. The van der Waals surface area contributed by atoms with Crippen LogP contribution in [0.4, 0.5) is 0 Å². The number of carboxylic acid groups (broad SMARTS) is 1. The fraction of sp³-hybridized carbons (Fsp3) is 0.889. The van der Waals surface area contributed by atoms with Crippen LogP contribution in [-0.4, -0.2) is 43.6 Å². The lowest BCUT2D eigenvalue weighted by atomic mass is 10.1. The fourth-order valence-electron chi connectivity index (χ4n) is 1.73. The minimum Gasteiger partial charge on any atom is -0.481 e. The van der Waals surface area contributed by atoms with Crippen LogP contribution in [0.1, 0.15) is 19.8 Å². The minimum absolute atomic E-state index is 0.0689. The Morgan fingerprint density at radius 3 is 2.73 bits per heavy atom. The Morgan fingerprint density at radius 1 is 1.60 bits per heavy atom. The van der Waals surface area contributed by atoms with E-state index in [1.807, 2.05) is 0 Å². The molecule has 1 heterocycles. The summed E-state index contributed by atoms with van der Waals surface area (Å²) in [5.74, 6) is -0.188. The van der Waals surface area contributed by atoms with Crippen molar-refractivity contribution in [2.75, 3.05) is 18.1 Å². The summed E-state index contributed by atoms with van der Waals surface area (Å²) in [6, 6.07) is -0.106. The van der Waals surface area contributed by atoms with Crippen LogP contribution in [0.25, 0.3) is 0 Å². The molecule has 0 aliphatic carbocycles. The molecule has 1 aliphatic heterocycles. The van der Waals surface area contributed by atoms with Crippen molar-refractivity contribution in [2.45, 2.75) is 25.8 Å². The molecule has 0 spiro atoms. The van der Waals surface area contributed by atoms with Crippen LogP contribution in [0.15, 0.2) is 0 Å². The highest BCUT2D eigenvalue weighted by molar-refractivity contribution is 7.91. The number of carbonyl (C=O) groups is 1. The summed E-state index contributed by atoms with van der Waals surface area (Å²) in [7, 11) is -2.82. The van der Waals surface area contributed by atoms with E-state index in [0.29, 0.717) is 13.0 Å². The molecule has 88 valence electrons. The van der Waals surface area contributed by atoms with Crippen LogP contribution in [0, 0.1) is 5.92 Å². The van der Waals surface area contributed by atoms with Gasteiger partial charge in [-0.05, 0) is 25.8 Å². The first kappa shape index (κ1) is 12.4. The summed E-state index contributed by atoms with van der Waals surface area (Å²) in [6.45, 7) is 2.38. The van der Waals surface area contributed by atoms with Gasteiger partial charge in [-0.3, -0.25) is 4.79 Å². The minimum atomic E-state index is -2.82. The zero-order chi connectivity index (χ0) is 11.5. The molecular weight excluding hydrogens is 218 g/mol. The Balaban J connectivity index is 2.24. The van der Waals surface area contributed by atoms with E-state index >= 15 is 0 Å². The molecule has 2 atom stereocenters. The first-order valence-corrected chi connectivity index (χ1v) is 6.87. The average molecular weight is 235 g/mol. The largest absolute Gasteiger partial charge is 0.481 e. The molecule has 6 heteroatoms. The zero-order valence-corrected chi connectivity index (χ0v) is 9.59. The van der Waals surface area contributed by atoms with Crippen LogP contribution in [-0.2, 0) is 14.6 Å². The average Bonchev–Trinajstić information content (AvgIpc) is 2.41. The molecule has 5 nitrogen and oxygen atoms in total. The summed E-state index contributed by atoms with van der Waals surface area (Å²) < 4.78 is 22.3. The van der Waals surface area contributed by atoms with Crippen LogP contribution in [0.2, 0.25) is 0 Å². The van der Waals surface area contributed by atoms with Crippen molar-refractivity contribution in [1.82, 2.24) is 5.32 Å². The van der Waals surface area contributed by atoms with Crippen LogP contribution < -0.4 is 5.32 Å². The third-order valence-electron chi connectivity index (χ3n) is 2.56. The number of rotatable bonds is 5. The quantitative estimate of drug-likeness (QED) is 0.693. The fourth-order valence-corrected chi connectivity index (χ4v) is 3.60. The molecule has 0 bridgehead atoms. The number of aliphatic carboxylic acids is 1. The number of sulfone groups is 1. The molecule has 15 heavy (non-hydrogen) atoms. The molecule has 0 aromatic heterocycles. The van der Waals surface area contributed by atoms with Gasteiger partial charge in [0, 0.05) is 6.04 Å². The van der Waals surface area contributed by atoms with Gasteiger partial charge in [-0.15, -0.1) is 0 Å². The third kappa shape index (κ3) is 4.61. The second-order valence-electron chi connectivity index (χ2n) is 4.18. The van der Waals surface area contributed by atoms with Gasteiger partial charge in [-0.2, -0.15) is 0 Å². The summed E-state index contributed by atoms with van der Waals surface area (Å²) >= 11 is 0. The number of carboxylic acids is 1. The van der Waals surface area contributed by atoms with Crippen LogP contribution in [0.3, 0.4) is 0 Å². The van der Waals surface area contributed by atoms with Gasteiger partial charge in [0.25, 0.3) is 0 Å². The number of nitrogens with one attached hydrogen (secondary N) is 1. The van der Waals surface area contributed by atoms with Gasteiger partial charge in [0.15, 0.2) is 9.84 Å². The van der Waals surface area contributed by atoms with Gasteiger partial charge in [-0.25, -0.2) is 8.42 Å². The van der Waals surface area contributed by atoms with E-state index in [9.17, 15) is 13.2 Å². The van der Waals surface area contributed by atoms with E-state index in [1.165, 1.54) is 0 Å². The van der Waals surface area contributed by atoms with Gasteiger partial charge in [0.2, 0.25) is 0 Å². The van der Waals surface area contributed by atoms with Crippen molar-refractivity contribution >= 4 is 15.8 Å². The van der Waals surface area contributed by atoms with Gasteiger partial charge in [0.1, 0.15) is 0 Å². The van der Waals surface area contributed by atoms with Gasteiger partial charge in [0.05, 0.1) is 17.9 Å². The first-order chi connectivity index (χ1) is 6.89. The van der Waals surface area contributed by atoms with Crippen molar-refractivity contribution in [3.8, 4) is 0 Å². The van der Waals surface area contributed by atoms with Crippen molar-refractivity contribution in [1.29, 1.82) is 0 Å². The van der Waals surface area contributed by atoms with Crippen molar-refractivity contribution < 1.29 is 18.3 Å². The van der Waals surface area contributed by atoms with Crippen molar-refractivity contribution in [3.05, 3.63) is 0 Å². The molecule has 1 rings (SSSR count). The molecule has 0 amide bonds. The Hall–Kier alpha value is -0.620. The summed E-state index contributed by atoms with van der Waals surface area (Å²) in [4.78, 5) is 10.4. The highest BCUT2D eigenvalue weighted by Crippen LogP contribution is 2.17. The standard InChI is InChI=1S/C9H17NO4S/c1-7(4-9(11)12)10-5-8-2-3-15(13,14)6-8/h7-8,10H,2-6H2,1H3,(H,11,12). The molecule has 0 aromatic carbocycles. The first-order valence-electron chi connectivity index (χ1n) is 5.04. The molecule has 1 saturated heterocycles. The molecule has 1 aliphatic rings. The molecule has 2 N–H and O–H groups in total. The lowest BCUT2D eigenvalue weighted by Crippen LogP contribution is -2.33. The SMILES string of the molecule is CC(CC(=O)O)NCC1CCS(=O)(=O)C1. The van der Waals surface area contributed by atoms with Crippen molar-refractivity contribution in [2.24, 2.45) is 5.92 Å². The maximum absolute atomic E-state index is 11.1. The van der Waals surface area contributed by atoms with Gasteiger partial charge in [-0.1, -0.05) is 0 Å². The van der Waals surface area contributed by atoms with Crippen LogP contribution >= 0.6 is 0 Å². The molecular formula is C9H17NO4S. The highest BCUT2D eigenvalue weighted by atomic mass is 32.2. The van der Waals surface area contributed by atoms with E-state index in [0.717, 1.165) is 0 Å².